The van der Waals surface area contributed by atoms with Crippen LogP contribution in [0, 0.1) is 0 Å². The van der Waals surface area contributed by atoms with Crippen LogP contribution in [0.4, 0.5) is 5.69 Å². The highest BCUT2D eigenvalue weighted by atomic mass is 32.1. The molecule has 0 heterocycles. The molecule has 0 aliphatic heterocycles. The molecule has 0 bridgehead atoms. The molecule has 0 spiro atoms. The third-order valence-corrected chi connectivity index (χ3v) is 3.46. The molecule has 0 fully saturated rings. The average molecular weight is 255 g/mol. The van der Waals surface area contributed by atoms with Crippen molar-refractivity contribution in [3.8, 4) is 0 Å². The summed E-state index contributed by atoms with van der Waals surface area (Å²) in [5, 5.41) is 0. The Labute approximate surface area is 109 Å². The average Bonchev–Trinajstić information content (AvgIpc) is 2.38. The zero-order chi connectivity index (χ0) is 12.9. The van der Waals surface area contributed by atoms with Gasteiger partial charge < -0.3 is 5.73 Å². The summed E-state index contributed by atoms with van der Waals surface area (Å²) in [7, 11) is 0. The Balaban J connectivity index is 2.34. The standard InChI is InChI=1S/C14H9NO2S/c15-11-5-9-10(6-12(11)18)14(17)8-4-2-1-3-7(8)13(9)16/h1-6,18H,15H2. The van der Waals surface area contributed by atoms with E-state index in [0.717, 1.165) is 0 Å². The number of ketones is 2. The maximum atomic E-state index is 12.3. The molecular formula is C14H9NO2S. The van der Waals surface area contributed by atoms with E-state index >= 15 is 0 Å². The van der Waals surface area contributed by atoms with E-state index in [1.54, 1.807) is 30.3 Å². The van der Waals surface area contributed by atoms with Crippen LogP contribution in [0.15, 0.2) is 41.3 Å². The maximum Gasteiger partial charge on any atom is 0.194 e. The fourth-order valence-electron chi connectivity index (χ4n) is 2.15. The topological polar surface area (TPSA) is 60.2 Å². The first kappa shape index (κ1) is 11.0. The predicted molar refractivity (Wildman–Crippen MR) is 71.4 cm³/mol. The highest BCUT2D eigenvalue weighted by Crippen LogP contribution is 2.31. The molecule has 1 aliphatic carbocycles. The molecule has 0 amide bonds. The molecule has 3 rings (SSSR count). The number of hydrogen-bond acceptors (Lipinski definition) is 4. The minimum absolute atomic E-state index is 0.157. The van der Waals surface area contributed by atoms with Crippen molar-refractivity contribution in [2.45, 2.75) is 4.90 Å². The predicted octanol–water partition coefficient (Wildman–Crippen LogP) is 2.33. The maximum absolute atomic E-state index is 12.3. The van der Waals surface area contributed by atoms with Crippen molar-refractivity contribution in [1.82, 2.24) is 0 Å². The Bertz CT molecular complexity index is 647. The lowest BCUT2D eigenvalue weighted by Crippen LogP contribution is -2.21. The van der Waals surface area contributed by atoms with Gasteiger partial charge in [0.05, 0.1) is 0 Å². The van der Waals surface area contributed by atoms with Crippen molar-refractivity contribution < 1.29 is 9.59 Å². The van der Waals surface area contributed by atoms with Crippen molar-refractivity contribution in [3.05, 3.63) is 58.7 Å². The molecule has 3 nitrogen and oxygen atoms in total. The molecule has 4 heteroatoms. The minimum atomic E-state index is -0.166. The summed E-state index contributed by atoms with van der Waals surface area (Å²) in [6.45, 7) is 0. The van der Waals surface area contributed by atoms with E-state index in [0.29, 0.717) is 32.8 Å². The molecule has 88 valence electrons. The second-order valence-electron chi connectivity index (χ2n) is 4.16. The lowest BCUT2D eigenvalue weighted by atomic mass is 9.84. The Morgan fingerprint density at radius 1 is 0.833 bits per heavy atom. The fraction of sp³-hybridized carbons (Fsp3) is 0. The van der Waals surface area contributed by atoms with E-state index in [1.165, 1.54) is 6.07 Å². The zero-order valence-corrected chi connectivity index (χ0v) is 10.2. The van der Waals surface area contributed by atoms with Gasteiger partial charge in [0.15, 0.2) is 11.6 Å². The van der Waals surface area contributed by atoms with Gasteiger partial charge in [-0.05, 0) is 12.1 Å². The van der Waals surface area contributed by atoms with Crippen molar-refractivity contribution >= 4 is 29.9 Å². The highest BCUT2D eigenvalue weighted by Gasteiger charge is 2.29. The lowest BCUT2D eigenvalue weighted by Gasteiger charge is -2.18. The third-order valence-electron chi connectivity index (χ3n) is 3.07. The van der Waals surface area contributed by atoms with Crippen LogP contribution in [0.2, 0.25) is 0 Å². The molecule has 1 aliphatic rings. The van der Waals surface area contributed by atoms with E-state index in [1.807, 2.05) is 0 Å². The third kappa shape index (κ3) is 1.39. The first-order chi connectivity index (χ1) is 8.59. The van der Waals surface area contributed by atoms with E-state index in [2.05, 4.69) is 12.6 Å². The summed E-state index contributed by atoms with van der Waals surface area (Å²) in [4.78, 5) is 25.1. The molecule has 2 aromatic rings. The summed E-state index contributed by atoms with van der Waals surface area (Å²) in [6.07, 6.45) is 0. The SMILES string of the molecule is Nc1cc2c(cc1S)C(=O)c1ccccc1C2=O. The second-order valence-corrected chi connectivity index (χ2v) is 4.64. The van der Waals surface area contributed by atoms with Crippen LogP contribution in [0.3, 0.4) is 0 Å². The number of carbonyl (C=O) groups is 2. The number of hydrogen-bond donors (Lipinski definition) is 2. The quantitative estimate of drug-likeness (QED) is 0.479. The number of thiol groups is 1. The van der Waals surface area contributed by atoms with Crippen LogP contribution < -0.4 is 5.73 Å². The molecule has 2 N–H and O–H groups in total. The number of rotatable bonds is 0. The van der Waals surface area contributed by atoms with Crippen LogP contribution in [0.1, 0.15) is 31.8 Å². The first-order valence-electron chi connectivity index (χ1n) is 5.40. The van der Waals surface area contributed by atoms with Gasteiger partial charge in [0.25, 0.3) is 0 Å². The van der Waals surface area contributed by atoms with E-state index in [4.69, 9.17) is 5.73 Å². The summed E-state index contributed by atoms with van der Waals surface area (Å²) in [5.41, 5.74) is 7.73. The number of carbonyl (C=O) groups excluding carboxylic acids is 2. The van der Waals surface area contributed by atoms with Gasteiger partial charge in [-0.15, -0.1) is 12.6 Å². The molecule has 2 aromatic carbocycles. The Morgan fingerprint density at radius 2 is 1.33 bits per heavy atom. The molecular weight excluding hydrogens is 246 g/mol. The molecule has 0 saturated carbocycles. The fourth-order valence-corrected chi connectivity index (χ4v) is 2.34. The summed E-state index contributed by atoms with van der Waals surface area (Å²) >= 11 is 4.18. The van der Waals surface area contributed by atoms with Crippen molar-refractivity contribution in [2.75, 3.05) is 5.73 Å². The van der Waals surface area contributed by atoms with Crippen LogP contribution in [0.5, 0.6) is 0 Å². The monoisotopic (exact) mass is 255 g/mol. The Kier molecular flexibility index (Phi) is 2.28. The lowest BCUT2D eigenvalue weighted by molar-refractivity contribution is 0.0979. The van der Waals surface area contributed by atoms with E-state index < -0.39 is 0 Å². The van der Waals surface area contributed by atoms with Crippen molar-refractivity contribution in [1.29, 1.82) is 0 Å². The van der Waals surface area contributed by atoms with Crippen LogP contribution in [-0.4, -0.2) is 11.6 Å². The van der Waals surface area contributed by atoms with Crippen LogP contribution in [-0.2, 0) is 0 Å². The molecule has 0 atom stereocenters. The Hall–Kier alpha value is -2.07. The second kappa shape index (κ2) is 3.71. The molecule has 0 radical (unpaired) electrons. The summed E-state index contributed by atoms with van der Waals surface area (Å²) < 4.78 is 0. The first-order valence-corrected chi connectivity index (χ1v) is 5.85. The largest absolute Gasteiger partial charge is 0.398 e. The van der Waals surface area contributed by atoms with Crippen molar-refractivity contribution in [2.24, 2.45) is 0 Å². The molecule has 0 saturated heterocycles. The van der Waals surface area contributed by atoms with Crippen LogP contribution in [0.25, 0.3) is 0 Å². The number of benzene rings is 2. The smallest absolute Gasteiger partial charge is 0.194 e. The van der Waals surface area contributed by atoms with Crippen LogP contribution >= 0.6 is 12.6 Å². The Morgan fingerprint density at radius 3 is 1.89 bits per heavy atom. The molecule has 0 aromatic heterocycles. The number of nitrogens with two attached hydrogens (primary N) is 1. The van der Waals surface area contributed by atoms with Gasteiger partial charge in [-0.3, -0.25) is 9.59 Å². The number of nitrogen functional groups attached to an aromatic ring is 1. The van der Waals surface area contributed by atoms with Crippen molar-refractivity contribution in [3.63, 3.8) is 0 Å². The van der Waals surface area contributed by atoms with E-state index in [9.17, 15) is 9.59 Å². The van der Waals surface area contributed by atoms with Gasteiger partial charge >= 0.3 is 0 Å². The van der Waals surface area contributed by atoms with Gasteiger partial charge in [0.1, 0.15) is 0 Å². The van der Waals surface area contributed by atoms with Gasteiger partial charge in [-0.2, -0.15) is 0 Å². The number of anilines is 1. The van der Waals surface area contributed by atoms with Gasteiger partial charge in [-0.1, -0.05) is 24.3 Å². The van der Waals surface area contributed by atoms with Gasteiger partial charge in [-0.25, -0.2) is 0 Å². The zero-order valence-electron chi connectivity index (χ0n) is 9.31. The normalized spacial score (nSPS) is 13.2. The molecule has 18 heavy (non-hydrogen) atoms. The minimum Gasteiger partial charge on any atom is -0.398 e. The van der Waals surface area contributed by atoms with Gasteiger partial charge in [0.2, 0.25) is 0 Å². The summed E-state index contributed by atoms with van der Waals surface area (Å²) in [5.74, 6) is -0.323. The highest BCUT2D eigenvalue weighted by molar-refractivity contribution is 7.80. The van der Waals surface area contributed by atoms with Gasteiger partial charge in [0, 0.05) is 32.8 Å². The number of fused-ring (bicyclic) bond motifs is 2. The van der Waals surface area contributed by atoms with E-state index in [-0.39, 0.29) is 11.6 Å². The summed E-state index contributed by atoms with van der Waals surface area (Å²) in [6, 6.07) is 9.88. The molecule has 0 unspecified atom stereocenters.